The molecule has 1 heterocycles. The highest BCUT2D eigenvalue weighted by Gasteiger charge is 2.15. The predicted molar refractivity (Wildman–Crippen MR) is 88.4 cm³/mol. The van der Waals surface area contributed by atoms with E-state index in [1.54, 1.807) is 0 Å². The number of anilines is 1. The van der Waals surface area contributed by atoms with Crippen LogP contribution in [0.4, 0.5) is 5.69 Å². The number of benzene rings is 1. The van der Waals surface area contributed by atoms with Gasteiger partial charge in [0, 0.05) is 24.4 Å². The Bertz CT molecular complexity index is 691. The summed E-state index contributed by atoms with van der Waals surface area (Å²) in [6.07, 6.45) is 5.41. The van der Waals surface area contributed by atoms with Crippen molar-refractivity contribution in [3.63, 3.8) is 0 Å². The van der Waals surface area contributed by atoms with Crippen molar-refractivity contribution in [2.24, 2.45) is 0 Å². The molecule has 1 amide bonds. The molecule has 5 nitrogen and oxygen atoms in total. The van der Waals surface area contributed by atoms with Crippen molar-refractivity contribution >= 4 is 11.6 Å². The number of aromatic nitrogens is 2. The van der Waals surface area contributed by atoms with E-state index in [2.05, 4.69) is 21.5 Å². The van der Waals surface area contributed by atoms with E-state index in [0.717, 1.165) is 18.5 Å². The Morgan fingerprint density at radius 1 is 1.30 bits per heavy atom. The van der Waals surface area contributed by atoms with Crippen molar-refractivity contribution < 1.29 is 9.32 Å². The summed E-state index contributed by atoms with van der Waals surface area (Å²) < 4.78 is 5.18. The lowest BCUT2D eigenvalue weighted by atomic mass is 9.90. The van der Waals surface area contributed by atoms with Crippen LogP contribution >= 0.6 is 0 Å². The molecule has 0 bridgehead atoms. The van der Waals surface area contributed by atoms with Crippen molar-refractivity contribution in [2.75, 3.05) is 5.32 Å². The molecule has 23 heavy (non-hydrogen) atoms. The van der Waals surface area contributed by atoms with Gasteiger partial charge in [-0.05, 0) is 42.9 Å². The summed E-state index contributed by atoms with van der Waals surface area (Å²) >= 11 is 0. The number of nitrogens with one attached hydrogen (secondary N) is 1. The van der Waals surface area contributed by atoms with Crippen LogP contribution in [0.3, 0.4) is 0 Å². The minimum absolute atomic E-state index is 0.00623. The number of amides is 1. The fourth-order valence-corrected chi connectivity index (χ4v) is 2.94. The molecule has 1 aromatic heterocycles. The van der Waals surface area contributed by atoms with Gasteiger partial charge in [0.15, 0.2) is 5.82 Å². The standard InChI is InChI=1S/C18H23N3O2/c1-12(2)18-20-17(23-21-18)11-10-16(22)19-15-9-5-7-13-6-3-4-8-14(13)15/h5,7,9,12H,3-4,6,8,10-11H2,1-2H3,(H,19,22). The molecule has 0 atom stereocenters. The number of aryl methyl sites for hydroxylation is 2. The number of hydrogen-bond donors (Lipinski definition) is 1. The number of carbonyl (C=O) groups excluding carboxylic acids is 1. The molecular formula is C18H23N3O2. The second kappa shape index (κ2) is 6.94. The Morgan fingerprint density at radius 2 is 2.13 bits per heavy atom. The van der Waals surface area contributed by atoms with Gasteiger partial charge in [-0.25, -0.2) is 0 Å². The van der Waals surface area contributed by atoms with Gasteiger partial charge in [-0.1, -0.05) is 31.1 Å². The molecule has 0 saturated carbocycles. The largest absolute Gasteiger partial charge is 0.339 e. The third-order valence-corrected chi connectivity index (χ3v) is 4.24. The molecule has 0 fully saturated rings. The van der Waals surface area contributed by atoms with Crippen molar-refractivity contribution in [3.05, 3.63) is 41.0 Å². The summed E-state index contributed by atoms with van der Waals surface area (Å²) in [7, 11) is 0. The molecule has 0 radical (unpaired) electrons. The Hall–Kier alpha value is -2.17. The highest BCUT2D eigenvalue weighted by atomic mass is 16.5. The Kier molecular flexibility index (Phi) is 4.74. The van der Waals surface area contributed by atoms with Crippen molar-refractivity contribution in [1.29, 1.82) is 0 Å². The third kappa shape index (κ3) is 3.78. The zero-order chi connectivity index (χ0) is 16.2. The summed E-state index contributed by atoms with van der Waals surface area (Å²) in [6, 6.07) is 6.17. The van der Waals surface area contributed by atoms with Crippen LogP contribution in [0.5, 0.6) is 0 Å². The van der Waals surface area contributed by atoms with Crippen LogP contribution in [0.2, 0.25) is 0 Å². The highest BCUT2D eigenvalue weighted by Crippen LogP contribution is 2.27. The van der Waals surface area contributed by atoms with E-state index < -0.39 is 0 Å². The van der Waals surface area contributed by atoms with Crippen molar-refractivity contribution in [1.82, 2.24) is 10.1 Å². The Labute approximate surface area is 136 Å². The number of fused-ring (bicyclic) bond motifs is 1. The van der Waals surface area contributed by atoms with Gasteiger partial charge in [0.05, 0.1) is 0 Å². The molecule has 0 saturated heterocycles. The second-order valence-corrected chi connectivity index (χ2v) is 6.40. The van der Waals surface area contributed by atoms with Crippen molar-refractivity contribution in [2.45, 2.75) is 58.3 Å². The van der Waals surface area contributed by atoms with Crippen LogP contribution in [0.15, 0.2) is 22.7 Å². The normalized spacial score (nSPS) is 13.9. The number of hydrogen-bond acceptors (Lipinski definition) is 4. The number of carbonyl (C=O) groups is 1. The number of nitrogens with zero attached hydrogens (tertiary/aromatic N) is 2. The third-order valence-electron chi connectivity index (χ3n) is 4.24. The smallest absolute Gasteiger partial charge is 0.227 e. The zero-order valence-electron chi connectivity index (χ0n) is 13.8. The van der Waals surface area contributed by atoms with E-state index in [4.69, 9.17) is 4.52 Å². The molecule has 2 aromatic rings. The van der Waals surface area contributed by atoms with Crippen LogP contribution in [0, 0.1) is 0 Å². The molecule has 1 aliphatic rings. The Balaban J connectivity index is 1.59. The summed E-state index contributed by atoms with van der Waals surface area (Å²) in [4.78, 5) is 16.5. The topological polar surface area (TPSA) is 68.0 Å². The minimum Gasteiger partial charge on any atom is -0.339 e. The van der Waals surface area contributed by atoms with Gasteiger partial charge in [0.1, 0.15) is 0 Å². The summed E-state index contributed by atoms with van der Waals surface area (Å²) in [5.41, 5.74) is 3.63. The zero-order valence-corrected chi connectivity index (χ0v) is 13.8. The van der Waals surface area contributed by atoms with Gasteiger partial charge in [0.25, 0.3) is 0 Å². The van der Waals surface area contributed by atoms with Gasteiger partial charge in [-0.2, -0.15) is 4.98 Å². The minimum atomic E-state index is -0.00623. The molecule has 0 spiro atoms. The number of rotatable bonds is 5. The Morgan fingerprint density at radius 3 is 2.91 bits per heavy atom. The van der Waals surface area contributed by atoms with E-state index in [0.29, 0.717) is 24.6 Å². The fraction of sp³-hybridized carbons (Fsp3) is 0.500. The highest BCUT2D eigenvalue weighted by molar-refractivity contribution is 5.91. The van der Waals surface area contributed by atoms with Crippen LogP contribution in [0.25, 0.3) is 0 Å². The van der Waals surface area contributed by atoms with Gasteiger partial charge >= 0.3 is 0 Å². The molecular weight excluding hydrogens is 290 g/mol. The van der Waals surface area contributed by atoms with Crippen molar-refractivity contribution in [3.8, 4) is 0 Å². The van der Waals surface area contributed by atoms with Gasteiger partial charge in [0.2, 0.25) is 11.8 Å². The molecule has 0 unspecified atom stereocenters. The van der Waals surface area contributed by atoms with E-state index in [1.807, 2.05) is 26.0 Å². The predicted octanol–water partition coefficient (Wildman–Crippen LogP) is 3.64. The second-order valence-electron chi connectivity index (χ2n) is 6.40. The summed E-state index contributed by atoms with van der Waals surface area (Å²) in [5.74, 6) is 1.45. The molecule has 1 aromatic carbocycles. The van der Waals surface area contributed by atoms with E-state index in [1.165, 1.54) is 24.0 Å². The van der Waals surface area contributed by atoms with E-state index in [-0.39, 0.29) is 11.8 Å². The average Bonchev–Trinajstić information content (AvgIpc) is 3.03. The maximum atomic E-state index is 12.2. The fourth-order valence-electron chi connectivity index (χ4n) is 2.94. The van der Waals surface area contributed by atoms with Gasteiger partial charge in [-0.3, -0.25) is 4.79 Å². The van der Waals surface area contributed by atoms with Crippen LogP contribution in [-0.2, 0) is 24.1 Å². The van der Waals surface area contributed by atoms with Crippen LogP contribution in [0.1, 0.15) is 61.9 Å². The maximum absolute atomic E-state index is 12.2. The van der Waals surface area contributed by atoms with Crippen LogP contribution in [-0.4, -0.2) is 16.0 Å². The first-order valence-corrected chi connectivity index (χ1v) is 8.36. The average molecular weight is 313 g/mol. The maximum Gasteiger partial charge on any atom is 0.227 e. The first-order valence-electron chi connectivity index (χ1n) is 8.36. The summed E-state index contributed by atoms with van der Waals surface area (Å²) in [5, 5.41) is 6.96. The van der Waals surface area contributed by atoms with E-state index in [9.17, 15) is 4.79 Å². The first-order chi connectivity index (χ1) is 11.1. The molecule has 1 aliphatic carbocycles. The molecule has 122 valence electrons. The lowest BCUT2D eigenvalue weighted by Crippen LogP contribution is -2.15. The molecule has 1 N–H and O–H groups in total. The van der Waals surface area contributed by atoms with E-state index >= 15 is 0 Å². The lowest BCUT2D eigenvalue weighted by molar-refractivity contribution is -0.116. The SMILES string of the molecule is CC(C)c1noc(CCC(=O)Nc2cccc3c2CCCC3)n1. The molecule has 5 heteroatoms. The van der Waals surface area contributed by atoms with Crippen LogP contribution < -0.4 is 5.32 Å². The van der Waals surface area contributed by atoms with Gasteiger partial charge in [-0.15, -0.1) is 0 Å². The quantitative estimate of drug-likeness (QED) is 0.915. The molecule has 3 rings (SSSR count). The summed E-state index contributed by atoms with van der Waals surface area (Å²) in [6.45, 7) is 4.03. The lowest BCUT2D eigenvalue weighted by Gasteiger charge is -2.19. The monoisotopic (exact) mass is 313 g/mol. The molecule has 0 aliphatic heterocycles. The first kappa shape index (κ1) is 15.7. The van der Waals surface area contributed by atoms with Gasteiger partial charge < -0.3 is 9.84 Å².